The van der Waals surface area contributed by atoms with Crippen molar-refractivity contribution in [3.63, 3.8) is 0 Å². The average Bonchev–Trinajstić information content (AvgIpc) is 3.61. The summed E-state index contributed by atoms with van der Waals surface area (Å²) in [6.45, 7) is 5.66. The molecule has 2 aromatic rings. The van der Waals surface area contributed by atoms with E-state index >= 15 is 0 Å². The lowest BCUT2D eigenvalue weighted by Gasteiger charge is -2.09. The van der Waals surface area contributed by atoms with Gasteiger partial charge in [0.15, 0.2) is 0 Å². The van der Waals surface area contributed by atoms with E-state index in [1.807, 2.05) is 24.3 Å². The van der Waals surface area contributed by atoms with Crippen LogP contribution in [0.3, 0.4) is 0 Å². The van der Waals surface area contributed by atoms with Crippen LogP contribution in [0.4, 0.5) is 0 Å². The van der Waals surface area contributed by atoms with E-state index in [-0.39, 0.29) is 6.10 Å². The zero-order chi connectivity index (χ0) is 24.0. The molecule has 0 saturated carbocycles. The third-order valence-corrected chi connectivity index (χ3v) is 6.07. The summed E-state index contributed by atoms with van der Waals surface area (Å²) in [4.78, 5) is 12.4. The van der Waals surface area contributed by atoms with E-state index in [9.17, 15) is 4.79 Å². The fourth-order valence-corrected chi connectivity index (χ4v) is 3.93. The molecular formula is C29H40O5. The number of carbonyl (C=O) groups is 1. The van der Waals surface area contributed by atoms with E-state index in [0.29, 0.717) is 30.6 Å². The second-order valence-corrected chi connectivity index (χ2v) is 9.02. The van der Waals surface area contributed by atoms with Crippen LogP contribution in [0.15, 0.2) is 48.5 Å². The minimum absolute atomic E-state index is 0.199. The van der Waals surface area contributed by atoms with Crippen molar-refractivity contribution in [1.29, 1.82) is 0 Å². The summed E-state index contributed by atoms with van der Waals surface area (Å²) in [5.74, 6) is 1.61. The van der Waals surface area contributed by atoms with E-state index in [0.717, 1.165) is 30.8 Å². The van der Waals surface area contributed by atoms with Gasteiger partial charge < -0.3 is 18.9 Å². The predicted molar refractivity (Wildman–Crippen MR) is 135 cm³/mol. The van der Waals surface area contributed by atoms with Gasteiger partial charge in [-0.3, -0.25) is 0 Å². The van der Waals surface area contributed by atoms with Crippen LogP contribution in [-0.2, 0) is 4.74 Å². The zero-order valence-electron chi connectivity index (χ0n) is 20.8. The molecule has 1 fully saturated rings. The lowest BCUT2D eigenvalue weighted by atomic mass is 10.1. The van der Waals surface area contributed by atoms with Crippen LogP contribution in [0.1, 0.15) is 88.4 Å². The predicted octanol–water partition coefficient (Wildman–Crippen LogP) is 7.37. The Kier molecular flexibility index (Phi) is 11.3. The molecular weight excluding hydrogens is 428 g/mol. The quantitative estimate of drug-likeness (QED) is 0.105. The van der Waals surface area contributed by atoms with E-state index in [1.165, 1.54) is 44.9 Å². The zero-order valence-corrected chi connectivity index (χ0v) is 20.8. The molecule has 0 radical (unpaired) electrons. The molecule has 0 N–H and O–H groups in total. The Balaban J connectivity index is 1.31. The topological polar surface area (TPSA) is 57.3 Å². The Bertz CT molecular complexity index is 831. The highest BCUT2D eigenvalue weighted by molar-refractivity contribution is 5.91. The van der Waals surface area contributed by atoms with E-state index in [2.05, 4.69) is 13.8 Å². The van der Waals surface area contributed by atoms with Gasteiger partial charge in [0.1, 0.15) is 30.0 Å². The first-order chi connectivity index (χ1) is 16.7. The number of hydrogen-bond donors (Lipinski definition) is 0. The van der Waals surface area contributed by atoms with Crippen molar-refractivity contribution in [2.45, 2.75) is 90.3 Å². The first kappa shape index (κ1) is 26.1. The summed E-state index contributed by atoms with van der Waals surface area (Å²) in [5.41, 5.74) is 0.493. The van der Waals surface area contributed by atoms with Gasteiger partial charge in [0.2, 0.25) is 0 Å². The van der Waals surface area contributed by atoms with Crippen molar-refractivity contribution >= 4 is 5.97 Å². The second kappa shape index (κ2) is 14.7. The minimum Gasteiger partial charge on any atom is -0.494 e. The normalized spacial score (nSPS) is 16.8. The van der Waals surface area contributed by atoms with E-state index < -0.39 is 5.97 Å². The van der Waals surface area contributed by atoms with Crippen LogP contribution in [-0.4, -0.2) is 31.4 Å². The first-order valence-electron chi connectivity index (χ1n) is 13.0. The fourth-order valence-electron chi connectivity index (χ4n) is 3.93. The highest BCUT2D eigenvalue weighted by Crippen LogP contribution is 2.28. The number of hydrogen-bond acceptors (Lipinski definition) is 5. The number of carbonyl (C=O) groups excluding carboxylic acids is 1. The van der Waals surface area contributed by atoms with Gasteiger partial charge in [-0.25, -0.2) is 4.79 Å². The van der Waals surface area contributed by atoms with Crippen LogP contribution >= 0.6 is 0 Å². The third-order valence-electron chi connectivity index (χ3n) is 6.07. The molecule has 2 aromatic carbocycles. The van der Waals surface area contributed by atoms with Gasteiger partial charge in [-0.15, -0.1) is 0 Å². The van der Waals surface area contributed by atoms with Crippen LogP contribution in [0.2, 0.25) is 0 Å². The third kappa shape index (κ3) is 9.38. The first-order valence-corrected chi connectivity index (χ1v) is 13.0. The molecule has 34 heavy (non-hydrogen) atoms. The number of benzene rings is 2. The average molecular weight is 469 g/mol. The second-order valence-electron chi connectivity index (χ2n) is 9.02. The standard InChI is InChI=1S/C29H40O5/c1-3-5-6-7-8-9-10-11-21-31-24-15-13-23(14-16-24)29(30)33-26-19-17-25(18-20-26)32-22-28-27(34-28)12-4-2/h13-20,27-28H,3-12,21-22H2,1-2H3/t27?,28-/m0/s1. The SMILES string of the molecule is CCCCCCCCCCOc1ccc(C(=O)Oc2ccc(OC[C@@H]3OC3CCC)cc2)cc1. The molecule has 5 heteroatoms. The molecule has 2 atom stereocenters. The summed E-state index contributed by atoms with van der Waals surface area (Å²) in [6.07, 6.45) is 13.0. The number of unbranched alkanes of at least 4 members (excludes halogenated alkanes) is 7. The molecule has 0 amide bonds. The number of epoxide rings is 1. The maximum atomic E-state index is 12.4. The molecule has 0 aromatic heterocycles. The molecule has 1 saturated heterocycles. The molecule has 5 nitrogen and oxygen atoms in total. The molecule has 186 valence electrons. The molecule has 3 rings (SSSR count). The Morgan fingerprint density at radius 2 is 1.29 bits per heavy atom. The fraction of sp³-hybridized carbons (Fsp3) is 0.552. The molecule has 1 heterocycles. The Morgan fingerprint density at radius 3 is 1.97 bits per heavy atom. The monoisotopic (exact) mass is 468 g/mol. The summed E-state index contributed by atoms with van der Waals surface area (Å²) in [5, 5.41) is 0. The Labute approximate surface area is 204 Å². The van der Waals surface area contributed by atoms with Crippen LogP contribution in [0.5, 0.6) is 17.2 Å². The Hall–Kier alpha value is -2.53. The van der Waals surface area contributed by atoms with Gasteiger partial charge in [0, 0.05) is 0 Å². The number of rotatable bonds is 17. The molecule has 1 aliphatic heterocycles. The van der Waals surface area contributed by atoms with Gasteiger partial charge in [-0.2, -0.15) is 0 Å². The van der Waals surface area contributed by atoms with E-state index in [1.54, 1.807) is 24.3 Å². The summed E-state index contributed by atoms with van der Waals surface area (Å²) in [7, 11) is 0. The number of esters is 1. The minimum atomic E-state index is -0.392. The summed E-state index contributed by atoms with van der Waals surface area (Å²) < 4.78 is 22.6. The molecule has 0 spiro atoms. The van der Waals surface area contributed by atoms with Crippen molar-refractivity contribution in [1.82, 2.24) is 0 Å². The molecule has 1 unspecified atom stereocenters. The van der Waals surface area contributed by atoms with Crippen molar-refractivity contribution in [3.05, 3.63) is 54.1 Å². The van der Waals surface area contributed by atoms with Gasteiger partial charge in [-0.05, 0) is 61.4 Å². The summed E-state index contributed by atoms with van der Waals surface area (Å²) >= 11 is 0. The van der Waals surface area contributed by atoms with Crippen LogP contribution < -0.4 is 14.2 Å². The van der Waals surface area contributed by atoms with E-state index in [4.69, 9.17) is 18.9 Å². The Morgan fingerprint density at radius 1 is 0.706 bits per heavy atom. The van der Waals surface area contributed by atoms with Crippen molar-refractivity contribution in [3.8, 4) is 17.2 Å². The lowest BCUT2D eigenvalue weighted by Crippen LogP contribution is -2.09. The van der Waals surface area contributed by atoms with Gasteiger partial charge in [0.25, 0.3) is 0 Å². The largest absolute Gasteiger partial charge is 0.494 e. The lowest BCUT2D eigenvalue weighted by molar-refractivity contribution is 0.0734. The van der Waals surface area contributed by atoms with Crippen molar-refractivity contribution < 1.29 is 23.7 Å². The van der Waals surface area contributed by atoms with Gasteiger partial charge in [0.05, 0.1) is 18.3 Å². The van der Waals surface area contributed by atoms with Crippen molar-refractivity contribution in [2.24, 2.45) is 0 Å². The van der Waals surface area contributed by atoms with Gasteiger partial charge >= 0.3 is 5.97 Å². The highest BCUT2D eigenvalue weighted by Gasteiger charge is 2.38. The van der Waals surface area contributed by atoms with Gasteiger partial charge in [-0.1, -0.05) is 65.2 Å². The smallest absolute Gasteiger partial charge is 0.343 e. The van der Waals surface area contributed by atoms with Crippen molar-refractivity contribution in [2.75, 3.05) is 13.2 Å². The highest BCUT2D eigenvalue weighted by atomic mass is 16.6. The summed E-state index contributed by atoms with van der Waals surface area (Å²) in [6, 6.07) is 14.2. The molecule has 0 bridgehead atoms. The number of ether oxygens (including phenoxy) is 4. The van der Waals surface area contributed by atoms with Crippen LogP contribution in [0.25, 0.3) is 0 Å². The molecule has 0 aliphatic carbocycles. The maximum Gasteiger partial charge on any atom is 0.343 e. The molecule has 1 aliphatic rings. The van der Waals surface area contributed by atoms with Crippen LogP contribution in [0, 0.1) is 0 Å². The maximum absolute atomic E-state index is 12.4.